The van der Waals surface area contributed by atoms with E-state index in [2.05, 4.69) is 277 Å². The Balaban J connectivity index is 1.11. The van der Waals surface area contributed by atoms with Crippen LogP contribution in [0, 0.1) is 0 Å². The summed E-state index contributed by atoms with van der Waals surface area (Å²) < 4.78 is 0. The third-order valence-corrected chi connectivity index (χ3v) is 17.4. The van der Waals surface area contributed by atoms with E-state index in [1.807, 2.05) is 0 Å². The van der Waals surface area contributed by atoms with Gasteiger partial charge in [0, 0.05) is 34.1 Å². The van der Waals surface area contributed by atoms with Gasteiger partial charge in [-0.15, -0.1) is 0 Å². The molecule has 0 saturated carbocycles. The van der Waals surface area contributed by atoms with Gasteiger partial charge in [0.25, 0.3) is 0 Å². The fourth-order valence-electron chi connectivity index (χ4n) is 9.66. The molecular formula is C60H44N2Si. The summed E-state index contributed by atoms with van der Waals surface area (Å²) in [6, 6.07) is 97.8. The minimum absolute atomic E-state index is 1.11. The van der Waals surface area contributed by atoms with Crippen molar-refractivity contribution in [1.29, 1.82) is 0 Å². The molecule has 0 bridgehead atoms. The smallest absolute Gasteiger partial charge is 0.181 e. The first-order valence-electron chi connectivity index (χ1n) is 21.7. The highest BCUT2D eigenvalue weighted by Crippen LogP contribution is 2.41. The predicted octanol–water partition coefficient (Wildman–Crippen LogP) is 13.3. The molecule has 10 aromatic rings. The van der Waals surface area contributed by atoms with Gasteiger partial charge in [-0.3, -0.25) is 0 Å². The number of rotatable bonds is 10. The Morgan fingerprint density at radius 1 is 0.222 bits per heavy atom. The van der Waals surface area contributed by atoms with Gasteiger partial charge < -0.3 is 9.80 Å². The molecule has 1 aliphatic rings. The average Bonchev–Trinajstić information content (AvgIpc) is 3.66. The first-order chi connectivity index (χ1) is 31.3. The molecule has 0 N–H and O–H groups in total. The summed E-state index contributed by atoms with van der Waals surface area (Å²) in [5.74, 6) is 0. The Labute approximate surface area is 371 Å². The molecule has 0 atom stereocenters. The molecule has 0 radical (unpaired) electrons. The molecular weight excluding hydrogens is 777 g/mol. The van der Waals surface area contributed by atoms with Crippen LogP contribution in [0.1, 0.15) is 0 Å². The van der Waals surface area contributed by atoms with E-state index >= 15 is 0 Å². The molecule has 0 aliphatic carbocycles. The number of nitrogens with zero attached hydrogens (tertiary/aromatic N) is 2. The van der Waals surface area contributed by atoms with Gasteiger partial charge in [-0.05, 0) is 127 Å². The van der Waals surface area contributed by atoms with Gasteiger partial charge in [0.1, 0.15) is 0 Å². The number of hydrogen-bond donors (Lipinski definition) is 0. The summed E-state index contributed by atoms with van der Waals surface area (Å²) in [4.78, 5) is 4.82. The van der Waals surface area contributed by atoms with E-state index < -0.39 is 8.07 Å². The zero-order valence-electron chi connectivity index (χ0n) is 34.8. The van der Waals surface area contributed by atoms with Gasteiger partial charge in [0.05, 0.1) is 0 Å². The molecule has 0 spiro atoms. The van der Waals surface area contributed by atoms with Crippen LogP contribution in [0.25, 0.3) is 33.4 Å². The number of para-hydroxylation sites is 2. The highest BCUT2D eigenvalue weighted by atomic mass is 28.3. The molecule has 2 nitrogen and oxygen atoms in total. The summed E-state index contributed by atoms with van der Waals surface area (Å²) in [6.45, 7) is 0. The maximum Gasteiger partial charge on any atom is 0.181 e. The maximum absolute atomic E-state index is 2.94. The maximum atomic E-state index is 2.51. The van der Waals surface area contributed by atoms with Crippen LogP contribution in [-0.4, -0.2) is 8.07 Å². The topological polar surface area (TPSA) is 6.48 Å². The van der Waals surface area contributed by atoms with Gasteiger partial charge in [0.15, 0.2) is 8.07 Å². The Hall–Kier alpha value is -7.98. The second kappa shape index (κ2) is 16.5. The summed E-state index contributed by atoms with van der Waals surface area (Å²) in [7, 11) is -2.94. The Morgan fingerprint density at radius 3 is 0.841 bits per heavy atom. The van der Waals surface area contributed by atoms with Crippen LogP contribution in [0.3, 0.4) is 0 Å². The van der Waals surface area contributed by atoms with Crippen LogP contribution >= 0.6 is 0 Å². The molecule has 11 rings (SSSR count). The van der Waals surface area contributed by atoms with Crippen LogP contribution in [0.2, 0.25) is 0 Å². The van der Waals surface area contributed by atoms with E-state index in [-0.39, 0.29) is 0 Å². The summed E-state index contributed by atoms with van der Waals surface area (Å²) in [5.41, 5.74) is 14.1. The van der Waals surface area contributed by atoms with E-state index in [0.717, 1.165) is 34.1 Å². The number of anilines is 6. The first kappa shape index (κ1) is 38.0. The lowest BCUT2D eigenvalue weighted by atomic mass is 10.0. The van der Waals surface area contributed by atoms with Gasteiger partial charge >= 0.3 is 0 Å². The summed E-state index contributed by atoms with van der Waals surface area (Å²) in [5, 5.41) is 5.51. The molecule has 10 aromatic carbocycles. The van der Waals surface area contributed by atoms with Crippen molar-refractivity contribution in [3.05, 3.63) is 267 Å². The van der Waals surface area contributed by atoms with Crippen LogP contribution < -0.4 is 30.5 Å². The summed E-state index contributed by atoms with van der Waals surface area (Å²) in [6.07, 6.45) is 0. The molecule has 1 heterocycles. The molecule has 0 fully saturated rings. The van der Waals surface area contributed by atoms with Crippen LogP contribution in [0.4, 0.5) is 34.1 Å². The molecule has 0 saturated heterocycles. The molecule has 0 unspecified atom stereocenters. The SMILES string of the molecule is c1ccc(-c2ccc(N(c3ccccc3)c3ccc4c(c3)[Si](c3ccccc3)(c3ccccc3)c3cc(N(c5ccccc5)c5ccc(-c6ccccc6)cc5)ccc3-4)cc2)cc1. The highest BCUT2D eigenvalue weighted by molar-refractivity contribution is 7.22. The number of fused-ring (bicyclic) bond motifs is 3. The molecule has 1 aliphatic heterocycles. The number of benzene rings is 10. The standard InChI is InChI=1S/C60H44N2Si/c1-7-19-45(20-8-1)47-31-35-51(36-32-47)61(49-23-11-3-12-24-49)53-39-41-57-58-42-40-54(44-60(58)63(59(57)43-53,55-27-15-5-16-28-55)56-29-17-6-18-30-56)62(50-25-13-4-14-26-50)52-37-33-48(34-38-52)46-21-9-2-10-22-46/h1-44H. The zero-order chi connectivity index (χ0) is 42.0. The lowest BCUT2D eigenvalue weighted by molar-refractivity contribution is 1.29. The van der Waals surface area contributed by atoms with Crippen molar-refractivity contribution in [3.8, 4) is 33.4 Å². The lowest BCUT2D eigenvalue weighted by Gasteiger charge is -2.33. The van der Waals surface area contributed by atoms with Crippen molar-refractivity contribution in [2.45, 2.75) is 0 Å². The highest BCUT2D eigenvalue weighted by Gasteiger charge is 2.49. The van der Waals surface area contributed by atoms with Crippen molar-refractivity contribution >= 4 is 62.9 Å². The fraction of sp³-hybridized carbons (Fsp3) is 0. The minimum Gasteiger partial charge on any atom is -0.311 e. The Morgan fingerprint density at radius 2 is 0.492 bits per heavy atom. The van der Waals surface area contributed by atoms with Crippen molar-refractivity contribution in [1.82, 2.24) is 0 Å². The largest absolute Gasteiger partial charge is 0.311 e. The van der Waals surface area contributed by atoms with Crippen molar-refractivity contribution in [3.63, 3.8) is 0 Å². The second-order valence-electron chi connectivity index (χ2n) is 16.1. The van der Waals surface area contributed by atoms with Crippen molar-refractivity contribution in [2.75, 3.05) is 9.80 Å². The average molecular weight is 821 g/mol. The second-order valence-corrected chi connectivity index (χ2v) is 19.8. The Kier molecular flexibility index (Phi) is 9.93. The molecule has 63 heavy (non-hydrogen) atoms. The normalized spacial score (nSPS) is 12.3. The molecule has 0 aromatic heterocycles. The van der Waals surface area contributed by atoms with Crippen LogP contribution in [0.15, 0.2) is 267 Å². The van der Waals surface area contributed by atoms with Gasteiger partial charge in [-0.2, -0.15) is 0 Å². The van der Waals surface area contributed by atoms with E-state index in [9.17, 15) is 0 Å². The van der Waals surface area contributed by atoms with Crippen LogP contribution in [-0.2, 0) is 0 Å². The first-order valence-corrected chi connectivity index (χ1v) is 23.7. The Bertz CT molecular complexity index is 2900. The molecule has 3 heteroatoms. The fourth-order valence-corrected chi connectivity index (χ4v) is 14.9. The summed E-state index contributed by atoms with van der Waals surface area (Å²) >= 11 is 0. The third kappa shape index (κ3) is 6.86. The predicted molar refractivity (Wildman–Crippen MR) is 269 cm³/mol. The quantitative estimate of drug-likeness (QED) is 0.127. The number of hydrogen-bond acceptors (Lipinski definition) is 2. The minimum atomic E-state index is -2.94. The van der Waals surface area contributed by atoms with Crippen LogP contribution in [0.5, 0.6) is 0 Å². The zero-order valence-corrected chi connectivity index (χ0v) is 35.8. The lowest BCUT2D eigenvalue weighted by Crippen LogP contribution is -2.72. The van der Waals surface area contributed by atoms with E-state index in [1.165, 1.54) is 54.1 Å². The van der Waals surface area contributed by atoms with Crippen molar-refractivity contribution in [2.24, 2.45) is 0 Å². The van der Waals surface area contributed by atoms with E-state index in [1.54, 1.807) is 0 Å². The van der Waals surface area contributed by atoms with Gasteiger partial charge in [-0.25, -0.2) is 0 Å². The molecule has 298 valence electrons. The third-order valence-electron chi connectivity index (χ3n) is 12.5. The van der Waals surface area contributed by atoms with E-state index in [0.29, 0.717) is 0 Å². The van der Waals surface area contributed by atoms with Gasteiger partial charge in [0.2, 0.25) is 0 Å². The monoisotopic (exact) mass is 820 g/mol. The van der Waals surface area contributed by atoms with Crippen molar-refractivity contribution < 1.29 is 0 Å². The van der Waals surface area contributed by atoms with E-state index in [4.69, 9.17) is 0 Å². The molecule has 0 amide bonds. The van der Waals surface area contributed by atoms with Gasteiger partial charge in [-0.1, -0.05) is 194 Å².